The SMILES string of the molecule is CC(C)(C)CC1CC2=C(c3c(nnn3C(C)(C)C)C3=C1C(C)(C)C3(C)C)C(C)(C)C2(C)C. The number of aromatic nitrogens is 3. The molecular formula is C29H47N3. The highest BCUT2D eigenvalue weighted by Crippen LogP contribution is 2.73. The first-order valence-electron chi connectivity index (χ1n) is 12.6. The number of hydrogen-bond acceptors (Lipinski definition) is 2. The quantitative estimate of drug-likeness (QED) is 0.444. The molecule has 178 valence electrons. The van der Waals surface area contributed by atoms with Gasteiger partial charge in [0.2, 0.25) is 0 Å². The summed E-state index contributed by atoms with van der Waals surface area (Å²) in [5.74, 6) is 0.557. The maximum Gasteiger partial charge on any atom is 0.117 e. The average Bonchev–Trinajstić information content (AvgIpc) is 2.97. The van der Waals surface area contributed by atoms with Crippen molar-refractivity contribution in [3.8, 4) is 0 Å². The highest BCUT2D eigenvalue weighted by atomic mass is 15.5. The molecule has 0 amide bonds. The molecule has 3 aliphatic carbocycles. The van der Waals surface area contributed by atoms with E-state index < -0.39 is 0 Å². The van der Waals surface area contributed by atoms with Crippen LogP contribution in [0.2, 0.25) is 0 Å². The highest BCUT2D eigenvalue weighted by molar-refractivity contribution is 5.91. The van der Waals surface area contributed by atoms with E-state index in [-0.39, 0.29) is 32.6 Å². The smallest absolute Gasteiger partial charge is 0.117 e. The zero-order valence-corrected chi connectivity index (χ0v) is 23.3. The van der Waals surface area contributed by atoms with Gasteiger partial charge in [0.25, 0.3) is 0 Å². The molecule has 3 heteroatoms. The van der Waals surface area contributed by atoms with Crippen molar-refractivity contribution in [1.29, 1.82) is 0 Å². The fourth-order valence-corrected chi connectivity index (χ4v) is 6.89. The van der Waals surface area contributed by atoms with Crippen molar-refractivity contribution < 1.29 is 0 Å². The molecule has 0 spiro atoms. The maximum absolute atomic E-state index is 4.95. The van der Waals surface area contributed by atoms with Crippen LogP contribution in [-0.2, 0) is 5.54 Å². The van der Waals surface area contributed by atoms with Gasteiger partial charge in [0.1, 0.15) is 5.69 Å². The Hall–Kier alpha value is -1.38. The molecule has 1 aromatic rings. The van der Waals surface area contributed by atoms with E-state index in [1.807, 2.05) is 0 Å². The topological polar surface area (TPSA) is 30.7 Å². The second-order valence-corrected chi connectivity index (χ2v) is 15.2. The summed E-state index contributed by atoms with van der Waals surface area (Å²) < 4.78 is 2.23. The van der Waals surface area contributed by atoms with Crippen molar-refractivity contribution in [2.24, 2.45) is 33.0 Å². The molecule has 1 heterocycles. The van der Waals surface area contributed by atoms with E-state index in [1.54, 1.807) is 11.1 Å². The lowest BCUT2D eigenvalue weighted by molar-refractivity contribution is 0.128. The van der Waals surface area contributed by atoms with Gasteiger partial charge >= 0.3 is 0 Å². The molecule has 3 aliphatic rings. The first-order valence-corrected chi connectivity index (χ1v) is 12.6. The van der Waals surface area contributed by atoms with Crippen LogP contribution in [0.4, 0.5) is 0 Å². The van der Waals surface area contributed by atoms with E-state index in [4.69, 9.17) is 10.3 Å². The summed E-state index contributed by atoms with van der Waals surface area (Å²) in [5, 5.41) is 9.77. The molecule has 0 aliphatic heterocycles. The Morgan fingerprint density at radius 1 is 0.781 bits per heavy atom. The molecule has 0 saturated heterocycles. The van der Waals surface area contributed by atoms with Crippen LogP contribution >= 0.6 is 0 Å². The Kier molecular flexibility index (Phi) is 4.60. The first kappa shape index (κ1) is 23.8. The van der Waals surface area contributed by atoms with Crippen LogP contribution in [0.5, 0.6) is 0 Å². The van der Waals surface area contributed by atoms with Gasteiger partial charge in [-0.2, -0.15) is 0 Å². The molecule has 1 aromatic heterocycles. The van der Waals surface area contributed by atoms with Gasteiger partial charge in [0, 0.05) is 10.8 Å². The molecule has 1 atom stereocenters. The molecule has 0 N–H and O–H groups in total. The van der Waals surface area contributed by atoms with Crippen LogP contribution in [0.15, 0.2) is 11.1 Å². The number of fused-ring (bicyclic) bond motifs is 3. The molecule has 1 unspecified atom stereocenters. The van der Waals surface area contributed by atoms with Crippen molar-refractivity contribution in [3.05, 3.63) is 22.5 Å². The summed E-state index contributed by atoms with van der Waals surface area (Å²) in [4.78, 5) is 0. The Bertz CT molecular complexity index is 1040. The lowest BCUT2D eigenvalue weighted by Gasteiger charge is -2.62. The van der Waals surface area contributed by atoms with E-state index in [0.29, 0.717) is 5.92 Å². The van der Waals surface area contributed by atoms with Crippen LogP contribution in [0.25, 0.3) is 11.1 Å². The lowest BCUT2D eigenvalue weighted by Crippen LogP contribution is -2.52. The molecule has 0 bridgehead atoms. The number of hydrogen-bond donors (Lipinski definition) is 0. The Balaban J connectivity index is 2.11. The monoisotopic (exact) mass is 437 g/mol. The van der Waals surface area contributed by atoms with Gasteiger partial charge in [-0.25, -0.2) is 4.68 Å². The van der Waals surface area contributed by atoms with Crippen LogP contribution in [0.1, 0.15) is 121 Å². The molecule has 32 heavy (non-hydrogen) atoms. The van der Waals surface area contributed by atoms with E-state index in [1.165, 1.54) is 23.3 Å². The van der Waals surface area contributed by atoms with E-state index in [2.05, 4.69) is 102 Å². The van der Waals surface area contributed by atoms with Crippen LogP contribution in [-0.4, -0.2) is 15.0 Å². The fourth-order valence-electron chi connectivity index (χ4n) is 6.89. The van der Waals surface area contributed by atoms with E-state index in [9.17, 15) is 0 Å². The Morgan fingerprint density at radius 3 is 1.81 bits per heavy atom. The number of nitrogens with zero attached hydrogens (tertiary/aromatic N) is 3. The van der Waals surface area contributed by atoms with Gasteiger partial charge in [0.15, 0.2) is 0 Å². The minimum absolute atomic E-state index is 0.0768. The maximum atomic E-state index is 4.95. The second-order valence-electron chi connectivity index (χ2n) is 15.2. The summed E-state index contributed by atoms with van der Waals surface area (Å²) in [6.07, 6.45) is 2.37. The summed E-state index contributed by atoms with van der Waals surface area (Å²) in [5.41, 5.74) is 9.41. The third-order valence-electron chi connectivity index (χ3n) is 9.87. The van der Waals surface area contributed by atoms with Crippen molar-refractivity contribution in [2.75, 3.05) is 0 Å². The summed E-state index contributed by atoms with van der Waals surface area (Å²) in [7, 11) is 0. The van der Waals surface area contributed by atoms with Gasteiger partial charge in [-0.15, -0.1) is 5.10 Å². The molecule has 0 fully saturated rings. The second kappa shape index (κ2) is 6.19. The zero-order chi connectivity index (χ0) is 24.4. The standard InChI is InChI=1S/C29H47N3/c1-24(2,3)16-17-15-18-20(28(11,12)26(18,7)8)23-22(30-31-32(23)25(4,5)6)21-19(17)27(9,10)29(21,13)14/h17H,15-16H2,1-14H3. The largest absolute Gasteiger partial charge is 0.239 e. The Labute approximate surface area is 197 Å². The number of rotatable bonds is 1. The normalized spacial score (nSPS) is 27.5. The fraction of sp³-hybridized carbons (Fsp3) is 0.793. The third kappa shape index (κ3) is 2.78. The third-order valence-corrected chi connectivity index (χ3v) is 9.87. The van der Waals surface area contributed by atoms with Crippen molar-refractivity contribution in [3.63, 3.8) is 0 Å². The van der Waals surface area contributed by atoms with Crippen molar-refractivity contribution in [1.82, 2.24) is 15.0 Å². The van der Waals surface area contributed by atoms with Crippen LogP contribution in [0, 0.1) is 33.0 Å². The predicted octanol–water partition coefficient (Wildman–Crippen LogP) is 8.13. The Morgan fingerprint density at radius 2 is 1.31 bits per heavy atom. The molecule has 4 rings (SSSR count). The molecule has 0 aromatic carbocycles. The van der Waals surface area contributed by atoms with Gasteiger partial charge in [-0.1, -0.05) is 92.5 Å². The van der Waals surface area contributed by atoms with Crippen LogP contribution < -0.4 is 0 Å². The summed E-state index contributed by atoms with van der Waals surface area (Å²) in [6, 6.07) is 0. The molecule has 3 nitrogen and oxygen atoms in total. The zero-order valence-electron chi connectivity index (χ0n) is 23.3. The molecular weight excluding hydrogens is 390 g/mol. The van der Waals surface area contributed by atoms with E-state index >= 15 is 0 Å². The van der Waals surface area contributed by atoms with Gasteiger partial charge in [-0.3, -0.25) is 0 Å². The lowest BCUT2D eigenvalue weighted by atomic mass is 9.41. The minimum atomic E-state index is -0.108. The molecule has 0 saturated carbocycles. The molecule has 0 radical (unpaired) electrons. The van der Waals surface area contributed by atoms with Gasteiger partial charge in [0.05, 0.1) is 11.2 Å². The predicted molar refractivity (Wildman–Crippen MR) is 136 cm³/mol. The van der Waals surface area contributed by atoms with Crippen molar-refractivity contribution in [2.45, 2.75) is 115 Å². The highest BCUT2D eigenvalue weighted by Gasteiger charge is 2.62. The first-order chi connectivity index (χ1) is 14.2. The summed E-state index contributed by atoms with van der Waals surface area (Å²) in [6.45, 7) is 33.5. The summed E-state index contributed by atoms with van der Waals surface area (Å²) >= 11 is 0. The van der Waals surface area contributed by atoms with Gasteiger partial charge < -0.3 is 0 Å². The van der Waals surface area contributed by atoms with Crippen LogP contribution in [0.3, 0.4) is 0 Å². The minimum Gasteiger partial charge on any atom is -0.239 e. The number of allylic oxidation sites excluding steroid dienone is 4. The van der Waals surface area contributed by atoms with E-state index in [0.717, 1.165) is 12.1 Å². The average molecular weight is 438 g/mol. The van der Waals surface area contributed by atoms with Gasteiger partial charge in [-0.05, 0) is 66.9 Å². The van der Waals surface area contributed by atoms with Crippen molar-refractivity contribution >= 4 is 11.1 Å².